The highest BCUT2D eigenvalue weighted by Crippen LogP contribution is 2.28. The molecule has 0 aliphatic carbocycles. The van der Waals surface area contributed by atoms with Crippen molar-refractivity contribution in [3.8, 4) is 0 Å². The van der Waals surface area contributed by atoms with Crippen LogP contribution in [-0.4, -0.2) is 25.5 Å². The molecule has 18 heavy (non-hydrogen) atoms. The predicted molar refractivity (Wildman–Crippen MR) is 72.7 cm³/mol. The molecule has 3 rings (SSSR count). The van der Waals surface area contributed by atoms with Crippen molar-refractivity contribution in [2.45, 2.75) is 25.7 Å². The van der Waals surface area contributed by atoms with Gasteiger partial charge in [-0.05, 0) is 49.9 Å². The zero-order valence-electron chi connectivity index (χ0n) is 10.7. The fourth-order valence-electron chi connectivity index (χ4n) is 3.04. The fourth-order valence-corrected chi connectivity index (χ4v) is 3.04. The number of carbonyl (C=O) groups excluding carboxylic acids is 1. The first-order chi connectivity index (χ1) is 8.84. The molecule has 1 unspecified atom stereocenters. The summed E-state index contributed by atoms with van der Waals surface area (Å²) in [6.45, 7) is 2.95. The van der Waals surface area contributed by atoms with Crippen molar-refractivity contribution in [1.82, 2.24) is 5.32 Å². The third-order valence-electron chi connectivity index (χ3n) is 4.04. The summed E-state index contributed by atoms with van der Waals surface area (Å²) in [5.41, 5.74) is 2.46. The number of carbonyl (C=O) groups is 1. The third-order valence-corrected chi connectivity index (χ3v) is 4.04. The number of hydrogen-bond donors (Lipinski definition) is 1. The van der Waals surface area contributed by atoms with E-state index in [2.05, 4.69) is 23.5 Å². The lowest BCUT2D eigenvalue weighted by Crippen LogP contribution is -2.36. The lowest BCUT2D eigenvalue weighted by Gasteiger charge is -2.30. The zero-order chi connectivity index (χ0) is 12.4. The van der Waals surface area contributed by atoms with Gasteiger partial charge >= 0.3 is 0 Å². The van der Waals surface area contributed by atoms with E-state index in [1.165, 1.54) is 5.56 Å². The summed E-state index contributed by atoms with van der Waals surface area (Å²) in [7, 11) is 0. The van der Waals surface area contributed by atoms with E-state index in [-0.39, 0.29) is 0 Å². The summed E-state index contributed by atoms with van der Waals surface area (Å²) < 4.78 is 0. The Morgan fingerprint density at radius 2 is 2.28 bits per heavy atom. The maximum Gasteiger partial charge on any atom is 0.227 e. The smallest absolute Gasteiger partial charge is 0.227 e. The molecular formula is C15H20N2O. The molecule has 0 bridgehead atoms. The molecule has 2 aliphatic rings. The number of nitrogens with one attached hydrogen (secondary N) is 1. The Bertz CT molecular complexity index is 438. The van der Waals surface area contributed by atoms with Crippen molar-refractivity contribution in [2.75, 3.05) is 24.5 Å². The van der Waals surface area contributed by atoms with Crippen LogP contribution >= 0.6 is 0 Å². The van der Waals surface area contributed by atoms with Crippen molar-refractivity contribution in [3.63, 3.8) is 0 Å². The lowest BCUT2D eigenvalue weighted by atomic mass is 9.99. The van der Waals surface area contributed by atoms with Gasteiger partial charge < -0.3 is 10.2 Å². The predicted octanol–water partition coefficient (Wildman–Crippen LogP) is 1.97. The monoisotopic (exact) mass is 244 g/mol. The SMILES string of the molecule is O=C(CC1CCNC1)N1CCCc2ccccc21. The van der Waals surface area contributed by atoms with Crippen LogP contribution < -0.4 is 10.2 Å². The molecular weight excluding hydrogens is 224 g/mol. The van der Waals surface area contributed by atoms with Gasteiger partial charge in [0.15, 0.2) is 0 Å². The van der Waals surface area contributed by atoms with Gasteiger partial charge in [0, 0.05) is 18.7 Å². The van der Waals surface area contributed by atoms with Crippen LogP contribution in [0, 0.1) is 5.92 Å². The third kappa shape index (κ3) is 2.27. The minimum absolute atomic E-state index is 0.302. The van der Waals surface area contributed by atoms with Crippen LogP contribution in [0.4, 0.5) is 5.69 Å². The quantitative estimate of drug-likeness (QED) is 0.862. The number of aryl methyl sites for hydroxylation is 1. The van der Waals surface area contributed by atoms with Crippen molar-refractivity contribution in [2.24, 2.45) is 5.92 Å². The molecule has 1 amide bonds. The molecule has 0 aromatic heterocycles. The molecule has 96 valence electrons. The molecule has 1 aromatic carbocycles. The van der Waals surface area contributed by atoms with Gasteiger partial charge in [-0.1, -0.05) is 18.2 Å². The summed E-state index contributed by atoms with van der Waals surface area (Å²) in [5, 5.41) is 3.33. The van der Waals surface area contributed by atoms with E-state index >= 15 is 0 Å². The van der Waals surface area contributed by atoms with E-state index in [4.69, 9.17) is 0 Å². The number of benzene rings is 1. The highest BCUT2D eigenvalue weighted by Gasteiger charge is 2.25. The largest absolute Gasteiger partial charge is 0.316 e. The maximum atomic E-state index is 12.4. The molecule has 0 spiro atoms. The summed E-state index contributed by atoms with van der Waals surface area (Å²) in [6, 6.07) is 8.32. The Balaban J connectivity index is 1.74. The van der Waals surface area contributed by atoms with Gasteiger partial charge in [-0.25, -0.2) is 0 Å². The number of hydrogen-bond acceptors (Lipinski definition) is 2. The van der Waals surface area contributed by atoms with Crippen LogP contribution in [0.5, 0.6) is 0 Å². The second-order valence-corrected chi connectivity index (χ2v) is 5.34. The topological polar surface area (TPSA) is 32.3 Å². The van der Waals surface area contributed by atoms with Crippen molar-refractivity contribution < 1.29 is 4.79 Å². The second kappa shape index (κ2) is 5.11. The molecule has 1 aromatic rings. The second-order valence-electron chi connectivity index (χ2n) is 5.34. The summed E-state index contributed by atoms with van der Waals surface area (Å²) in [6.07, 6.45) is 4.03. The molecule has 3 heteroatoms. The molecule has 0 radical (unpaired) electrons. The van der Waals surface area contributed by atoms with Crippen LogP contribution in [0.1, 0.15) is 24.8 Å². The minimum atomic E-state index is 0.302. The molecule has 1 saturated heterocycles. The van der Waals surface area contributed by atoms with Gasteiger partial charge in [0.05, 0.1) is 0 Å². The van der Waals surface area contributed by atoms with E-state index in [0.717, 1.165) is 44.6 Å². The van der Waals surface area contributed by atoms with Gasteiger partial charge in [0.2, 0.25) is 5.91 Å². The lowest BCUT2D eigenvalue weighted by molar-refractivity contribution is -0.119. The van der Waals surface area contributed by atoms with Gasteiger partial charge in [0.25, 0.3) is 0 Å². The Morgan fingerprint density at radius 3 is 3.11 bits per heavy atom. The van der Waals surface area contributed by atoms with Crippen LogP contribution in [0.2, 0.25) is 0 Å². The van der Waals surface area contributed by atoms with Crippen LogP contribution in [0.15, 0.2) is 24.3 Å². The standard InChI is InChI=1S/C15H20N2O/c18-15(10-12-7-8-16-11-12)17-9-3-5-13-4-1-2-6-14(13)17/h1-2,4,6,12,16H,3,5,7-11H2. The summed E-state index contributed by atoms with van der Waals surface area (Å²) in [5.74, 6) is 0.836. The van der Waals surface area contributed by atoms with Crippen molar-refractivity contribution in [1.29, 1.82) is 0 Å². The zero-order valence-corrected chi connectivity index (χ0v) is 10.7. The highest BCUT2D eigenvalue weighted by molar-refractivity contribution is 5.94. The van der Waals surface area contributed by atoms with Gasteiger partial charge in [-0.15, -0.1) is 0 Å². The average molecular weight is 244 g/mol. The molecule has 1 fully saturated rings. The molecule has 2 heterocycles. The van der Waals surface area contributed by atoms with Gasteiger partial charge in [0.1, 0.15) is 0 Å². The molecule has 1 N–H and O–H groups in total. The summed E-state index contributed by atoms with van der Waals surface area (Å²) in [4.78, 5) is 14.4. The van der Waals surface area contributed by atoms with E-state index < -0.39 is 0 Å². The number of para-hydroxylation sites is 1. The average Bonchev–Trinajstić information content (AvgIpc) is 2.91. The molecule has 1 atom stereocenters. The molecule has 0 saturated carbocycles. The van der Waals surface area contributed by atoms with E-state index in [0.29, 0.717) is 18.2 Å². The van der Waals surface area contributed by atoms with Gasteiger partial charge in [-0.3, -0.25) is 4.79 Å². The molecule has 3 nitrogen and oxygen atoms in total. The number of rotatable bonds is 2. The minimum Gasteiger partial charge on any atom is -0.316 e. The van der Waals surface area contributed by atoms with Gasteiger partial charge in [-0.2, -0.15) is 0 Å². The Morgan fingerprint density at radius 1 is 1.39 bits per heavy atom. The van der Waals surface area contributed by atoms with Crippen LogP contribution in [-0.2, 0) is 11.2 Å². The fraction of sp³-hybridized carbons (Fsp3) is 0.533. The Kier molecular flexibility index (Phi) is 3.33. The van der Waals surface area contributed by atoms with E-state index in [1.54, 1.807) is 0 Å². The van der Waals surface area contributed by atoms with Crippen molar-refractivity contribution in [3.05, 3.63) is 29.8 Å². The normalized spacial score (nSPS) is 22.9. The first kappa shape index (κ1) is 11.7. The molecule has 2 aliphatic heterocycles. The number of fused-ring (bicyclic) bond motifs is 1. The van der Waals surface area contributed by atoms with Crippen LogP contribution in [0.25, 0.3) is 0 Å². The van der Waals surface area contributed by atoms with E-state index in [9.17, 15) is 4.79 Å². The first-order valence-electron chi connectivity index (χ1n) is 6.93. The Hall–Kier alpha value is -1.35. The number of amides is 1. The maximum absolute atomic E-state index is 12.4. The van der Waals surface area contributed by atoms with E-state index in [1.807, 2.05) is 11.0 Å². The summed E-state index contributed by atoms with van der Waals surface area (Å²) >= 11 is 0. The van der Waals surface area contributed by atoms with Crippen molar-refractivity contribution >= 4 is 11.6 Å². The Labute approximate surface area is 108 Å². The number of anilines is 1. The van der Waals surface area contributed by atoms with Crippen LogP contribution in [0.3, 0.4) is 0 Å². The highest BCUT2D eigenvalue weighted by atomic mass is 16.2. The number of nitrogens with zero attached hydrogens (tertiary/aromatic N) is 1. The first-order valence-corrected chi connectivity index (χ1v) is 6.93.